The highest BCUT2D eigenvalue weighted by Crippen LogP contribution is 2.28. The van der Waals surface area contributed by atoms with E-state index in [0.29, 0.717) is 5.69 Å². The van der Waals surface area contributed by atoms with Gasteiger partial charge in [-0.15, -0.1) is 0 Å². The van der Waals surface area contributed by atoms with Crippen molar-refractivity contribution in [3.63, 3.8) is 0 Å². The number of aromatic amines is 1. The number of benzene rings is 2. The molecule has 7 nitrogen and oxygen atoms in total. The van der Waals surface area contributed by atoms with E-state index < -0.39 is 5.63 Å². The molecule has 0 saturated carbocycles. The monoisotopic (exact) mass is 433 g/mol. The molecule has 0 spiro atoms. The molecule has 2 N–H and O–H groups in total. The third-order valence-corrected chi connectivity index (χ3v) is 5.29. The molecule has 0 amide bonds. The van der Waals surface area contributed by atoms with E-state index in [-0.39, 0.29) is 6.54 Å². The Hall–Kier alpha value is -2.65. The van der Waals surface area contributed by atoms with Gasteiger partial charge in [-0.3, -0.25) is 4.52 Å². The predicted molar refractivity (Wildman–Crippen MR) is 102 cm³/mol. The molecule has 0 aliphatic carbocycles. The summed E-state index contributed by atoms with van der Waals surface area (Å²) in [6.07, 6.45) is 0. The van der Waals surface area contributed by atoms with Crippen LogP contribution in [0.3, 0.4) is 0 Å². The van der Waals surface area contributed by atoms with Gasteiger partial charge in [0, 0.05) is 16.6 Å². The normalized spacial score (nSPS) is 11.0. The minimum absolute atomic E-state index is 0.277. The predicted octanol–water partition coefficient (Wildman–Crippen LogP) is 3.24. The fourth-order valence-electron chi connectivity index (χ4n) is 2.52. The van der Waals surface area contributed by atoms with Crippen molar-refractivity contribution in [1.29, 1.82) is 0 Å². The molecule has 132 valence electrons. The summed E-state index contributed by atoms with van der Waals surface area (Å²) in [6, 6.07) is 13.2. The topological polar surface area (TPSA) is 84.0 Å². The summed E-state index contributed by atoms with van der Waals surface area (Å²) in [6.45, 7) is 0.277. The van der Waals surface area contributed by atoms with Crippen LogP contribution in [0, 0.1) is 0 Å². The molecule has 0 aliphatic heterocycles. The zero-order valence-corrected chi connectivity index (χ0v) is 16.1. The second kappa shape index (κ2) is 6.93. The van der Waals surface area contributed by atoms with E-state index in [0.717, 1.165) is 31.3 Å². The van der Waals surface area contributed by atoms with Gasteiger partial charge in [0.05, 0.1) is 17.3 Å². The summed E-state index contributed by atoms with van der Waals surface area (Å²) < 4.78 is 13.8. The van der Waals surface area contributed by atoms with Crippen molar-refractivity contribution in [2.75, 3.05) is 12.4 Å². The van der Waals surface area contributed by atoms with Gasteiger partial charge in [0.1, 0.15) is 12.3 Å². The highest BCUT2D eigenvalue weighted by molar-refractivity contribution is 9.10. The lowest BCUT2D eigenvalue weighted by Crippen LogP contribution is -2.39. The van der Waals surface area contributed by atoms with Gasteiger partial charge in [0.2, 0.25) is 5.69 Å². The van der Waals surface area contributed by atoms with Crippen molar-refractivity contribution < 1.29 is 13.9 Å². The van der Waals surface area contributed by atoms with Crippen LogP contribution in [0.5, 0.6) is 5.75 Å². The van der Waals surface area contributed by atoms with E-state index in [4.69, 9.17) is 9.26 Å². The van der Waals surface area contributed by atoms with Gasteiger partial charge >= 0.3 is 11.3 Å². The molecule has 0 atom stereocenters. The Balaban J connectivity index is 1.59. The molecule has 0 fully saturated rings. The maximum absolute atomic E-state index is 12.1. The van der Waals surface area contributed by atoms with E-state index in [2.05, 4.69) is 31.5 Å². The third kappa shape index (κ3) is 3.23. The van der Waals surface area contributed by atoms with Crippen molar-refractivity contribution >= 4 is 42.6 Å². The van der Waals surface area contributed by atoms with Gasteiger partial charge in [-0.25, -0.2) is 9.78 Å². The number of anilines is 1. The van der Waals surface area contributed by atoms with E-state index in [9.17, 15) is 4.79 Å². The van der Waals surface area contributed by atoms with E-state index in [1.54, 1.807) is 11.8 Å². The molecule has 2 heterocycles. The lowest BCUT2D eigenvalue weighted by atomic mass is 10.3. The van der Waals surface area contributed by atoms with Gasteiger partial charge < -0.3 is 10.1 Å². The molecule has 4 aromatic rings. The number of rotatable bonds is 5. The first-order chi connectivity index (χ1) is 12.6. The Morgan fingerprint density at radius 1 is 1.31 bits per heavy atom. The standard InChI is InChI=1S/C17H13BrN4O3S/c1-24-12-5-3-11(4-6-12)22-14(16(23)25-21-22)9-19-17-20-13-7-2-10(18)8-15(13)26-17/h2-8H,9H2,1H3,(H-,19,20,21,23)/p+1. The van der Waals surface area contributed by atoms with E-state index >= 15 is 0 Å². The van der Waals surface area contributed by atoms with Crippen LogP contribution in [0.2, 0.25) is 0 Å². The molecule has 0 saturated heterocycles. The summed E-state index contributed by atoms with van der Waals surface area (Å²) in [4.78, 5) is 16.6. The molecule has 4 rings (SSSR count). The van der Waals surface area contributed by atoms with Crippen LogP contribution in [-0.4, -0.2) is 17.4 Å². The molecule has 0 bridgehead atoms. The van der Waals surface area contributed by atoms with Crippen LogP contribution in [0.15, 0.2) is 56.3 Å². The Morgan fingerprint density at radius 3 is 2.88 bits per heavy atom. The minimum Gasteiger partial charge on any atom is -0.497 e. The summed E-state index contributed by atoms with van der Waals surface area (Å²) in [5.74, 6) is 0.737. The smallest absolute Gasteiger partial charge is 0.432 e. The lowest BCUT2D eigenvalue weighted by molar-refractivity contribution is -0.677. The second-order valence-corrected chi connectivity index (χ2v) is 7.39. The van der Waals surface area contributed by atoms with Crippen LogP contribution >= 0.6 is 27.3 Å². The molecule has 0 aliphatic rings. The Bertz CT molecular complexity index is 1120. The number of nitrogens with zero attached hydrogens (tertiary/aromatic N) is 2. The van der Waals surface area contributed by atoms with Crippen molar-refractivity contribution in [3.8, 4) is 11.4 Å². The van der Waals surface area contributed by atoms with Crippen molar-refractivity contribution in [2.24, 2.45) is 0 Å². The molecule has 2 aromatic heterocycles. The Kier molecular flexibility index (Phi) is 4.48. The van der Waals surface area contributed by atoms with Gasteiger partial charge in [-0.2, -0.15) is 0 Å². The number of aromatic nitrogens is 3. The lowest BCUT2D eigenvalue weighted by Gasteiger charge is -1.99. The van der Waals surface area contributed by atoms with Gasteiger partial charge in [0.15, 0.2) is 5.13 Å². The summed E-state index contributed by atoms with van der Waals surface area (Å²) in [5, 5.41) is 6.56. The van der Waals surface area contributed by atoms with Crippen molar-refractivity contribution in [3.05, 3.63) is 63.1 Å². The highest BCUT2D eigenvalue weighted by Gasteiger charge is 2.23. The molecule has 0 radical (unpaired) electrons. The zero-order chi connectivity index (χ0) is 18.1. The zero-order valence-electron chi connectivity index (χ0n) is 13.7. The second-order valence-electron chi connectivity index (χ2n) is 5.45. The number of methoxy groups -OCH3 is 1. The van der Waals surface area contributed by atoms with Gasteiger partial charge in [0.25, 0.3) is 0 Å². The maximum Gasteiger partial charge on any atom is 0.432 e. The number of H-pyrrole nitrogens is 1. The first-order valence-corrected chi connectivity index (χ1v) is 9.32. The Morgan fingerprint density at radius 2 is 2.12 bits per heavy atom. The average Bonchev–Trinajstić information content (AvgIpc) is 3.22. The first kappa shape index (κ1) is 16.8. The minimum atomic E-state index is -0.433. The SMILES string of the molecule is COc1ccc(-[n+]2[nH]oc(=O)c2CNc2nc3ccc(Br)cc3s2)cc1. The summed E-state index contributed by atoms with van der Waals surface area (Å²) in [7, 11) is 1.60. The largest absolute Gasteiger partial charge is 0.497 e. The highest BCUT2D eigenvalue weighted by atomic mass is 79.9. The first-order valence-electron chi connectivity index (χ1n) is 7.71. The molecule has 26 heavy (non-hydrogen) atoms. The number of hydrogen-bond acceptors (Lipinski definition) is 6. The third-order valence-electron chi connectivity index (χ3n) is 3.82. The maximum atomic E-state index is 12.1. The van der Waals surface area contributed by atoms with E-state index in [1.807, 2.05) is 42.5 Å². The molecular formula is C17H14BrN4O3S+. The quantitative estimate of drug-likeness (QED) is 0.472. The van der Waals surface area contributed by atoms with Crippen molar-refractivity contribution in [1.82, 2.24) is 10.3 Å². The Labute approximate surface area is 160 Å². The molecular weight excluding hydrogens is 420 g/mol. The fraction of sp³-hybridized carbons (Fsp3) is 0.118. The average molecular weight is 434 g/mol. The number of ether oxygens (including phenoxy) is 1. The summed E-state index contributed by atoms with van der Waals surface area (Å²) in [5.41, 5.74) is 1.68. The number of fused-ring (bicyclic) bond motifs is 1. The number of hydrogen-bond donors (Lipinski definition) is 2. The van der Waals surface area contributed by atoms with Crippen molar-refractivity contribution in [2.45, 2.75) is 6.54 Å². The van der Waals surface area contributed by atoms with E-state index in [1.165, 1.54) is 11.3 Å². The van der Waals surface area contributed by atoms with Crippen LogP contribution in [-0.2, 0) is 6.54 Å². The number of nitrogens with one attached hydrogen (secondary N) is 2. The van der Waals surface area contributed by atoms with Gasteiger partial charge in [-0.05, 0) is 40.3 Å². The summed E-state index contributed by atoms with van der Waals surface area (Å²) >= 11 is 4.98. The molecule has 0 unspecified atom stereocenters. The molecule has 2 aromatic carbocycles. The van der Waals surface area contributed by atoms with Crippen LogP contribution in [0.1, 0.15) is 5.69 Å². The number of thiazole rings is 1. The van der Waals surface area contributed by atoms with Gasteiger partial charge in [-0.1, -0.05) is 27.3 Å². The molecule has 9 heteroatoms. The fourth-order valence-corrected chi connectivity index (χ4v) is 3.93. The van der Waals surface area contributed by atoms with Crippen LogP contribution < -0.4 is 20.4 Å². The van der Waals surface area contributed by atoms with Crippen LogP contribution in [0.4, 0.5) is 5.13 Å². The number of halogens is 1. The van der Waals surface area contributed by atoms with Crippen LogP contribution in [0.25, 0.3) is 15.9 Å².